The molecule has 0 amide bonds. The van der Waals surface area contributed by atoms with Crippen molar-refractivity contribution in [3.05, 3.63) is 22.8 Å². The summed E-state index contributed by atoms with van der Waals surface area (Å²) in [4.78, 5) is 0. The van der Waals surface area contributed by atoms with Crippen molar-refractivity contribution < 1.29 is 40.5 Å². The molecule has 0 radical (unpaired) electrons. The lowest BCUT2D eigenvalue weighted by Crippen LogP contribution is -2.41. The van der Waals surface area contributed by atoms with Gasteiger partial charge < -0.3 is 40.5 Å². The molecule has 39 heavy (non-hydrogen) atoms. The van der Waals surface area contributed by atoms with Crippen molar-refractivity contribution in [2.45, 2.75) is 58.9 Å². The molecule has 0 aromatic rings. The van der Waals surface area contributed by atoms with Gasteiger partial charge in [0.1, 0.15) is 8.07 Å². The Kier molecular flexibility index (Phi) is 27.7. The van der Waals surface area contributed by atoms with E-state index in [1.807, 2.05) is 11.4 Å². The van der Waals surface area contributed by atoms with Crippen molar-refractivity contribution in [3.63, 3.8) is 0 Å². The Hall–Kier alpha value is -0.0187. The highest BCUT2D eigenvalue weighted by molar-refractivity contribution is 6.84. The Bertz CT molecular complexity index is 608. The normalized spacial score (nSPS) is 12.8. The van der Waals surface area contributed by atoms with Crippen LogP contribution in [0.25, 0.3) is 0 Å². The summed E-state index contributed by atoms with van der Waals surface area (Å²) in [6.45, 7) is 20.0. The van der Waals surface area contributed by atoms with E-state index in [1.54, 1.807) is 42.7 Å². The van der Waals surface area contributed by atoms with E-state index < -0.39 is 51.1 Å². The zero-order valence-corrected chi connectivity index (χ0v) is 34.0. The highest BCUT2D eigenvalue weighted by Crippen LogP contribution is 2.12. The fourth-order valence-corrected chi connectivity index (χ4v) is 9.80. The molecule has 0 unspecified atom stereocenters. The van der Waals surface area contributed by atoms with E-state index in [0.29, 0.717) is 0 Å². The molecule has 0 fully saturated rings. The molecule has 15 heteroatoms. The predicted octanol–water partition coefficient (Wildman–Crippen LogP) is 4.20. The zero-order chi connectivity index (χ0) is 32.0. The summed E-state index contributed by atoms with van der Waals surface area (Å²) in [5.41, 5.74) is 11.1. The second-order valence-electron chi connectivity index (χ2n) is 11.3. The van der Waals surface area contributed by atoms with Crippen molar-refractivity contribution in [1.82, 2.24) is 0 Å². The lowest BCUT2D eigenvalue weighted by molar-refractivity contribution is 0.138. The third-order valence-corrected chi connectivity index (χ3v) is 14.2. The van der Waals surface area contributed by atoms with Crippen LogP contribution in [0.2, 0.25) is 58.9 Å². The van der Waals surface area contributed by atoms with Crippen molar-refractivity contribution in [1.29, 1.82) is 0 Å². The monoisotopic (exact) mass is 660 g/mol. The fraction of sp³-hybridized carbons (Fsp3) is 0.750. The van der Waals surface area contributed by atoms with E-state index >= 15 is 0 Å². The van der Waals surface area contributed by atoms with Gasteiger partial charge in [-0.1, -0.05) is 70.3 Å². The summed E-state index contributed by atoms with van der Waals surface area (Å²) in [5.74, 6) is 0. The lowest BCUT2D eigenvalue weighted by Gasteiger charge is -2.21. The highest BCUT2D eigenvalue weighted by Gasteiger charge is 2.35. The molecular formula is C24H60O9Si6. The lowest BCUT2D eigenvalue weighted by atomic mass is 11.2. The van der Waals surface area contributed by atoms with E-state index in [-0.39, 0.29) is 6.23 Å². The Morgan fingerprint density at radius 3 is 0.872 bits per heavy atom. The maximum atomic E-state index is 8.34. The molecule has 0 atom stereocenters. The zero-order valence-electron chi connectivity index (χ0n) is 27.9. The third-order valence-electron chi connectivity index (χ3n) is 4.39. The predicted molar refractivity (Wildman–Crippen MR) is 179 cm³/mol. The van der Waals surface area contributed by atoms with Crippen LogP contribution >= 0.6 is 0 Å². The van der Waals surface area contributed by atoms with Crippen LogP contribution in [0.4, 0.5) is 0 Å². The number of aliphatic hydroxyl groups excluding tert-OH is 1. The first kappa shape index (κ1) is 46.0. The van der Waals surface area contributed by atoms with Crippen LogP contribution in [-0.2, 0) is 35.4 Å². The summed E-state index contributed by atoms with van der Waals surface area (Å²) in [6, 6.07) is 0. The average Bonchev–Trinajstić information content (AvgIpc) is 2.87. The minimum absolute atomic E-state index is 0.0486. The number of terminal acetylenes is 1. The summed E-state index contributed by atoms with van der Waals surface area (Å²) in [6.07, 6.45) is 5.17. The molecule has 234 valence electrons. The van der Waals surface area contributed by atoms with E-state index in [9.17, 15) is 0 Å². The summed E-state index contributed by atoms with van der Waals surface area (Å²) in [5, 5.41) is 8.34. The molecule has 0 heterocycles. The smallest absolute Gasteiger partial charge is 0.399 e. The Morgan fingerprint density at radius 1 is 0.564 bits per heavy atom. The highest BCUT2D eigenvalue weighted by atomic mass is 28.4. The van der Waals surface area contributed by atoms with Crippen LogP contribution in [0, 0.1) is 12.0 Å². The number of hydrogen-bond donors (Lipinski definition) is 1. The van der Waals surface area contributed by atoms with Gasteiger partial charge in [0.05, 0.1) is 22.4 Å². The molecule has 0 saturated carbocycles. The van der Waals surface area contributed by atoms with Gasteiger partial charge in [-0.3, -0.25) is 0 Å². The molecule has 0 aromatic carbocycles. The first-order valence-electron chi connectivity index (χ1n) is 12.5. The van der Waals surface area contributed by atoms with Gasteiger partial charge in [-0.25, -0.2) is 0 Å². The van der Waals surface area contributed by atoms with Crippen LogP contribution < -0.4 is 0 Å². The maximum absolute atomic E-state index is 8.34. The molecule has 0 saturated heterocycles. The summed E-state index contributed by atoms with van der Waals surface area (Å²) in [7, 11) is 2.72. The van der Waals surface area contributed by atoms with Gasteiger partial charge >= 0.3 is 26.9 Å². The Balaban J connectivity index is -0.000000221. The molecule has 0 aliphatic rings. The molecule has 1 N–H and O–H groups in total. The van der Waals surface area contributed by atoms with Crippen molar-refractivity contribution in [3.8, 4) is 12.0 Å². The maximum Gasteiger partial charge on any atom is 0.528 e. The largest absolute Gasteiger partial charge is 0.528 e. The van der Waals surface area contributed by atoms with Gasteiger partial charge in [0.2, 0.25) is 0 Å². The summed E-state index contributed by atoms with van der Waals surface area (Å²) < 4.78 is 41.0. The van der Waals surface area contributed by atoms with Crippen molar-refractivity contribution in [2.75, 3.05) is 63.1 Å². The van der Waals surface area contributed by atoms with Gasteiger partial charge in [-0.05, 0) is 11.4 Å². The van der Waals surface area contributed by atoms with Gasteiger partial charge in [0, 0.05) is 56.9 Å². The molecule has 9 nitrogen and oxygen atoms in total. The second kappa shape index (κ2) is 23.5. The number of aliphatic hydroxyl groups is 1. The van der Waals surface area contributed by atoms with Crippen molar-refractivity contribution in [2.24, 2.45) is 0 Å². The van der Waals surface area contributed by atoms with Gasteiger partial charge in [0.25, 0.3) is 0 Å². The first-order chi connectivity index (χ1) is 17.7. The van der Waals surface area contributed by atoms with Crippen LogP contribution in [0.3, 0.4) is 0 Å². The van der Waals surface area contributed by atoms with E-state index in [1.165, 1.54) is 14.2 Å². The van der Waals surface area contributed by atoms with Crippen LogP contribution in [0.15, 0.2) is 22.8 Å². The molecule has 0 bridgehead atoms. The minimum atomic E-state index is -2.47. The van der Waals surface area contributed by atoms with Crippen molar-refractivity contribution >= 4 is 51.1 Å². The third kappa shape index (κ3) is 29.3. The number of rotatable bonds is 13. The topological polar surface area (TPSA) is 94.1 Å². The molecule has 0 aliphatic carbocycles. The number of hydrogen-bond acceptors (Lipinski definition) is 9. The molecular weight excluding hydrogens is 601 g/mol. The molecule has 0 aliphatic heterocycles. The SMILES string of the molecule is C#C[Si](C)(C)C.CO[SiH](CO)OC.CO[Si](/C=C/[Si](C)(C)C)(OC)OC.CO[Si](/C=C\[Si](C)(C)C)(OC)OC. The summed E-state index contributed by atoms with van der Waals surface area (Å²) >= 11 is 0. The molecule has 0 rings (SSSR count). The standard InChI is InChI=1S/2C8H20O3Si2.C5H10Si.C3H10O3Si/c2*1-9-13(10-2,11-3)8-7-12(4,5)6;1-5-6(2,3)4;1-5-7(3-4)6-2/h2*7-8H,1-6H3;1H,2-4H3;4,7H,3H2,1-2H3/b8-7+;8-7-;;. The average molecular weight is 661 g/mol. The van der Waals surface area contributed by atoms with Crippen LogP contribution in [0.5, 0.6) is 0 Å². The minimum Gasteiger partial charge on any atom is -0.399 e. The van der Waals surface area contributed by atoms with Gasteiger partial charge in [0.15, 0.2) is 0 Å². The fourth-order valence-electron chi connectivity index (χ4n) is 1.86. The van der Waals surface area contributed by atoms with E-state index in [0.717, 1.165) is 0 Å². The molecule has 0 aromatic heterocycles. The second-order valence-corrected chi connectivity index (χ2v) is 33.9. The van der Waals surface area contributed by atoms with Crippen LogP contribution in [0.1, 0.15) is 0 Å². The Labute approximate surface area is 247 Å². The van der Waals surface area contributed by atoms with Gasteiger partial charge in [-0.15, -0.1) is 12.0 Å². The van der Waals surface area contributed by atoms with Crippen LogP contribution in [-0.4, -0.2) is 119 Å². The molecule has 0 spiro atoms. The van der Waals surface area contributed by atoms with E-state index in [4.69, 9.17) is 46.9 Å². The first-order valence-corrected chi connectivity index (χ1v) is 28.6. The van der Waals surface area contributed by atoms with Gasteiger partial charge in [-0.2, -0.15) is 0 Å². The quantitative estimate of drug-likeness (QED) is 0.230. The van der Waals surface area contributed by atoms with E-state index in [2.05, 4.69) is 75.9 Å². The Morgan fingerprint density at radius 2 is 0.795 bits per heavy atom.